The molecule has 0 aliphatic rings. The van der Waals surface area contributed by atoms with Gasteiger partial charge in [0.05, 0.1) is 39.9 Å². The largest absolute Gasteiger partial charge is 0.756 e. The van der Waals surface area contributed by atoms with E-state index in [1.807, 2.05) is 27.2 Å². The second-order valence-corrected chi connectivity index (χ2v) is 21.0. The number of aliphatic hydroxyl groups is 1. The number of nitrogens with one attached hydrogen (secondary N) is 1. The number of rotatable bonds is 49. The smallest absolute Gasteiger partial charge is 0.268 e. The molecule has 0 spiro atoms. The fraction of sp³-hybridized carbons (Fsp3) is 0.870. The Morgan fingerprint density at radius 3 is 1.29 bits per heavy atom. The molecule has 0 aliphatic heterocycles. The number of hydrogen-bond donors (Lipinski definition) is 2. The Kier molecular flexibility index (Phi) is 44.9. The molecule has 8 nitrogen and oxygen atoms in total. The molecule has 0 saturated carbocycles. The standard InChI is InChI=1S/C54H105N2O6P/c1-6-8-10-12-14-16-18-20-21-22-23-24-25-26-27-28-29-30-31-32-33-34-36-38-40-42-44-46-48-54(58)55-52(51-62-63(59,60)61-50-49-56(3,4)5)53(57)47-45-43-41-39-37-35-19-17-15-13-11-9-7-2/h26-27,37,39,45,47,52-53,57H,6-25,28-36,38,40-44,46,48-51H2,1-5H3,(H-,55,58,59,60)/b27-26-,39-37+,47-45+. The first-order valence-corrected chi connectivity index (χ1v) is 28.3. The predicted molar refractivity (Wildman–Crippen MR) is 270 cm³/mol. The van der Waals surface area contributed by atoms with Crippen LogP contribution < -0.4 is 10.2 Å². The minimum atomic E-state index is -4.60. The Balaban J connectivity index is 4.14. The van der Waals surface area contributed by atoms with Crippen molar-refractivity contribution in [3.63, 3.8) is 0 Å². The summed E-state index contributed by atoms with van der Waals surface area (Å²) in [5.41, 5.74) is 0. The zero-order chi connectivity index (χ0) is 46.4. The third kappa shape index (κ3) is 48.5. The highest BCUT2D eigenvalue weighted by Gasteiger charge is 2.23. The van der Waals surface area contributed by atoms with E-state index in [0.717, 1.165) is 38.5 Å². The van der Waals surface area contributed by atoms with Crippen molar-refractivity contribution in [2.24, 2.45) is 0 Å². The number of carbonyl (C=O) groups is 1. The minimum Gasteiger partial charge on any atom is -0.756 e. The molecule has 0 fully saturated rings. The van der Waals surface area contributed by atoms with Gasteiger partial charge >= 0.3 is 0 Å². The number of allylic oxidation sites excluding steroid dienone is 5. The molecule has 0 bridgehead atoms. The maximum atomic E-state index is 12.9. The van der Waals surface area contributed by atoms with Crippen molar-refractivity contribution in [1.29, 1.82) is 0 Å². The van der Waals surface area contributed by atoms with Crippen LogP contribution in [0.5, 0.6) is 0 Å². The molecule has 0 aliphatic carbocycles. The summed E-state index contributed by atoms with van der Waals surface area (Å²) in [5, 5.41) is 13.8. The van der Waals surface area contributed by atoms with Crippen LogP contribution in [-0.2, 0) is 18.4 Å². The summed E-state index contributed by atoms with van der Waals surface area (Å²) in [6, 6.07) is -0.901. The van der Waals surface area contributed by atoms with E-state index in [-0.39, 0.29) is 12.5 Å². The molecule has 3 unspecified atom stereocenters. The number of likely N-dealkylation sites (N-methyl/N-ethyl adjacent to an activating group) is 1. The van der Waals surface area contributed by atoms with Gasteiger partial charge in [-0.25, -0.2) is 0 Å². The molecule has 0 rings (SSSR count). The predicted octanol–water partition coefficient (Wildman–Crippen LogP) is 15.2. The number of nitrogens with zero attached hydrogens (tertiary/aromatic N) is 1. The third-order valence-corrected chi connectivity index (χ3v) is 13.0. The molecule has 0 saturated heterocycles. The van der Waals surface area contributed by atoms with Gasteiger partial charge in [0, 0.05) is 6.42 Å². The van der Waals surface area contributed by atoms with Gasteiger partial charge in [-0.2, -0.15) is 0 Å². The van der Waals surface area contributed by atoms with Gasteiger partial charge in [-0.3, -0.25) is 9.36 Å². The highest BCUT2D eigenvalue weighted by atomic mass is 31.2. The first-order chi connectivity index (χ1) is 30.5. The molecule has 372 valence electrons. The maximum absolute atomic E-state index is 12.9. The van der Waals surface area contributed by atoms with Crippen molar-refractivity contribution in [2.45, 2.75) is 264 Å². The third-order valence-electron chi connectivity index (χ3n) is 12.1. The van der Waals surface area contributed by atoms with Crippen LogP contribution in [0.2, 0.25) is 0 Å². The molecule has 0 radical (unpaired) electrons. The van der Waals surface area contributed by atoms with E-state index in [9.17, 15) is 19.4 Å². The quantitative estimate of drug-likeness (QED) is 0.0272. The molecule has 0 aromatic carbocycles. The van der Waals surface area contributed by atoms with Crippen molar-refractivity contribution in [1.82, 2.24) is 5.32 Å². The maximum Gasteiger partial charge on any atom is 0.268 e. The molecule has 0 aromatic heterocycles. The lowest BCUT2D eigenvalue weighted by molar-refractivity contribution is -0.870. The highest BCUT2D eigenvalue weighted by Crippen LogP contribution is 2.38. The topological polar surface area (TPSA) is 108 Å². The Morgan fingerprint density at radius 1 is 0.540 bits per heavy atom. The van der Waals surface area contributed by atoms with E-state index in [1.165, 1.54) is 193 Å². The molecule has 63 heavy (non-hydrogen) atoms. The second-order valence-electron chi connectivity index (χ2n) is 19.6. The summed E-state index contributed by atoms with van der Waals surface area (Å²) < 4.78 is 23.2. The lowest BCUT2D eigenvalue weighted by Gasteiger charge is -2.29. The number of amides is 1. The Bertz CT molecular complexity index is 1120. The Labute approximate surface area is 391 Å². The fourth-order valence-electron chi connectivity index (χ4n) is 7.81. The molecular formula is C54H105N2O6P. The van der Waals surface area contributed by atoms with Crippen molar-refractivity contribution in [2.75, 3.05) is 40.9 Å². The zero-order valence-electron chi connectivity index (χ0n) is 42.3. The summed E-state index contributed by atoms with van der Waals surface area (Å²) in [6.07, 6.45) is 58.0. The van der Waals surface area contributed by atoms with Crippen LogP contribution in [0.15, 0.2) is 36.5 Å². The number of quaternary nitrogens is 1. The first-order valence-electron chi connectivity index (χ1n) is 26.9. The monoisotopic (exact) mass is 909 g/mol. The number of unbranched alkanes of at least 4 members (excludes halogenated alkanes) is 32. The van der Waals surface area contributed by atoms with Gasteiger partial charge in [0.1, 0.15) is 13.2 Å². The van der Waals surface area contributed by atoms with Crippen molar-refractivity contribution >= 4 is 13.7 Å². The van der Waals surface area contributed by atoms with Gasteiger partial charge in [0.25, 0.3) is 7.82 Å². The Morgan fingerprint density at radius 2 is 0.889 bits per heavy atom. The minimum absolute atomic E-state index is 0.00589. The van der Waals surface area contributed by atoms with E-state index in [4.69, 9.17) is 9.05 Å². The van der Waals surface area contributed by atoms with E-state index in [0.29, 0.717) is 17.4 Å². The molecule has 3 atom stereocenters. The first kappa shape index (κ1) is 61.7. The molecule has 0 heterocycles. The fourth-order valence-corrected chi connectivity index (χ4v) is 8.53. The van der Waals surface area contributed by atoms with E-state index in [2.05, 4.69) is 43.5 Å². The number of phosphoric ester groups is 1. The van der Waals surface area contributed by atoms with Crippen molar-refractivity contribution in [3.8, 4) is 0 Å². The summed E-state index contributed by atoms with van der Waals surface area (Å²) in [4.78, 5) is 25.4. The van der Waals surface area contributed by atoms with Gasteiger partial charge in [-0.05, 0) is 57.8 Å². The van der Waals surface area contributed by atoms with Crippen LogP contribution in [0.3, 0.4) is 0 Å². The molecular weight excluding hydrogens is 804 g/mol. The van der Waals surface area contributed by atoms with E-state index < -0.39 is 26.6 Å². The number of aliphatic hydroxyl groups excluding tert-OH is 1. The van der Waals surface area contributed by atoms with Crippen LogP contribution >= 0.6 is 7.82 Å². The summed E-state index contributed by atoms with van der Waals surface area (Å²) >= 11 is 0. The second kappa shape index (κ2) is 45.9. The number of phosphoric acid groups is 1. The highest BCUT2D eigenvalue weighted by molar-refractivity contribution is 7.45. The van der Waals surface area contributed by atoms with Crippen LogP contribution in [0.25, 0.3) is 0 Å². The number of hydrogen-bond acceptors (Lipinski definition) is 6. The van der Waals surface area contributed by atoms with Crippen molar-refractivity contribution < 1.29 is 32.9 Å². The summed E-state index contributed by atoms with van der Waals surface area (Å²) in [5.74, 6) is -0.207. The molecule has 0 aromatic rings. The molecule has 1 amide bonds. The summed E-state index contributed by atoms with van der Waals surface area (Å²) in [7, 11) is 1.25. The average Bonchev–Trinajstić information content (AvgIpc) is 3.24. The average molecular weight is 909 g/mol. The van der Waals surface area contributed by atoms with Gasteiger partial charge in [0.2, 0.25) is 5.91 Å². The normalized spacial score (nSPS) is 14.3. The van der Waals surface area contributed by atoms with Crippen LogP contribution in [0.4, 0.5) is 0 Å². The SMILES string of the molecule is CCCCCCCCC/C=C/CC/C=C/C(O)C(COP(=O)([O-])OCC[N+](C)(C)C)NC(=O)CCCCCCCCCCCCCC/C=C\CCCCCCCCCCCCCC. The molecule has 2 N–H and O–H groups in total. The molecule has 9 heteroatoms. The Hall–Kier alpha value is -1.28. The van der Waals surface area contributed by atoms with Crippen LogP contribution in [0.1, 0.15) is 251 Å². The van der Waals surface area contributed by atoms with Crippen LogP contribution in [-0.4, -0.2) is 68.5 Å². The van der Waals surface area contributed by atoms with E-state index in [1.54, 1.807) is 6.08 Å². The zero-order valence-corrected chi connectivity index (χ0v) is 43.2. The lowest BCUT2D eigenvalue weighted by Crippen LogP contribution is -2.45. The summed E-state index contributed by atoms with van der Waals surface area (Å²) in [6.45, 7) is 4.63. The van der Waals surface area contributed by atoms with Crippen molar-refractivity contribution in [3.05, 3.63) is 36.5 Å². The van der Waals surface area contributed by atoms with Gasteiger partial charge in [-0.1, -0.05) is 224 Å². The van der Waals surface area contributed by atoms with Crippen LogP contribution in [0, 0.1) is 0 Å². The lowest BCUT2D eigenvalue weighted by atomic mass is 10.0. The van der Waals surface area contributed by atoms with Gasteiger partial charge in [0.15, 0.2) is 0 Å². The van der Waals surface area contributed by atoms with E-state index >= 15 is 0 Å². The number of carbonyl (C=O) groups excluding carboxylic acids is 1. The van der Waals surface area contributed by atoms with Gasteiger partial charge < -0.3 is 28.8 Å². The van der Waals surface area contributed by atoms with Gasteiger partial charge in [-0.15, -0.1) is 0 Å².